The Morgan fingerprint density at radius 3 is 2.44 bits per heavy atom. The third-order valence-corrected chi connectivity index (χ3v) is 9.77. The fraction of sp³-hybridized carbons (Fsp3) is 0.300. The number of carbonyl (C=O) groups is 2. The van der Waals surface area contributed by atoms with Crippen molar-refractivity contribution >= 4 is 17.3 Å². The highest BCUT2D eigenvalue weighted by atomic mass is 16.5. The Bertz CT molecular complexity index is 1750. The number of ether oxygens (including phenoxy) is 1. The number of carbonyl (C=O) groups excluding carboxylic acids is 2. The summed E-state index contributed by atoms with van der Waals surface area (Å²) in [7, 11) is 0. The maximum absolute atomic E-state index is 13.3. The summed E-state index contributed by atoms with van der Waals surface area (Å²) in [4.78, 5) is 25.6. The molecule has 6 rings (SSSR count). The van der Waals surface area contributed by atoms with Crippen molar-refractivity contribution in [1.29, 1.82) is 0 Å². The van der Waals surface area contributed by atoms with Gasteiger partial charge in [-0.2, -0.15) is 0 Å². The zero-order valence-electron chi connectivity index (χ0n) is 26.3. The topological polar surface area (TPSA) is 75.6 Å². The Balaban J connectivity index is 1.15. The Morgan fingerprint density at radius 1 is 0.889 bits per heavy atom. The van der Waals surface area contributed by atoms with Crippen molar-refractivity contribution in [3.63, 3.8) is 0 Å². The number of aliphatic hydroxyl groups is 1. The first-order valence-corrected chi connectivity index (χ1v) is 15.9. The molecular formula is C40H41NO4. The van der Waals surface area contributed by atoms with E-state index in [2.05, 4.69) is 68.6 Å². The van der Waals surface area contributed by atoms with Crippen LogP contribution in [0.5, 0.6) is 5.75 Å². The summed E-state index contributed by atoms with van der Waals surface area (Å²) < 4.78 is 5.92. The maximum Gasteiger partial charge on any atom is 0.251 e. The number of hydrogen-bond donors (Lipinski definition) is 2. The molecule has 0 spiro atoms. The van der Waals surface area contributed by atoms with Crippen molar-refractivity contribution in [1.82, 2.24) is 5.32 Å². The smallest absolute Gasteiger partial charge is 0.251 e. The van der Waals surface area contributed by atoms with Crippen LogP contribution < -0.4 is 10.1 Å². The lowest BCUT2D eigenvalue weighted by Gasteiger charge is -2.25. The molecule has 0 fully saturated rings. The Hall–Kier alpha value is -4.48. The molecule has 3 unspecified atom stereocenters. The van der Waals surface area contributed by atoms with Crippen molar-refractivity contribution in [2.45, 2.75) is 46.0 Å². The lowest BCUT2D eigenvalue weighted by molar-refractivity contribution is 0.0903. The predicted molar refractivity (Wildman–Crippen MR) is 180 cm³/mol. The minimum atomic E-state index is -0.500. The van der Waals surface area contributed by atoms with Crippen molar-refractivity contribution in [2.75, 3.05) is 19.8 Å². The van der Waals surface area contributed by atoms with Crippen molar-refractivity contribution in [3.8, 4) is 16.9 Å². The molecule has 2 aliphatic rings. The number of aliphatic hydroxyl groups excluding tert-OH is 1. The number of nitrogens with one attached hydrogen (secondary N) is 1. The monoisotopic (exact) mass is 599 g/mol. The van der Waals surface area contributed by atoms with Gasteiger partial charge in [0.25, 0.3) is 5.91 Å². The van der Waals surface area contributed by atoms with E-state index in [0.29, 0.717) is 36.1 Å². The molecule has 1 aliphatic carbocycles. The molecule has 3 atom stereocenters. The summed E-state index contributed by atoms with van der Waals surface area (Å²) in [6.07, 6.45) is 2.82. The van der Waals surface area contributed by atoms with Gasteiger partial charge in [0.05, 0.1) is 6.61 Å². The minimum absolute atomic E-state index is 0.0436. The fourth-order valence-corrected chi connectivity index (χ4v) is 6.92. The number of ketones is 1. The zero-order chi connectivity index (χ0) is 31.5. The highest BCUT2D eigenvalue weighted by molar-refractivity contribution is 6.03. The summed E-state index contributed by atoms with van der Waals surface area (Å²) in [5, 5.41) is 12.6. The van der Waals surface area contributed by atoms with Crippen LogP contribution in [-0.4, -0.2) is 36.6 Å². The molecule has 0 radical (unpaired) electrons. The average molecular weight is 600 g/mol. The van der Waals surface area contributed by atoms with Gasteiger partial charge < -0.3 is 15.2 Å². The standard InChI is InChI=1S/C40H41NO4/c1-25-18-33(19-28-12-14-30(15-13-28)35-9-5-6-10-36(35)38(43)23-42)27(3)34-17-16-32(21-37(34)26(25)2)40(44)41-22-29-20-31-8-4-7-11-39(31)45-24-29/h4-17,21,27,29,33,42H,18-20,22-24H2,1-3H3,(H,41,44). The number of fused-ring (bicyclic) bond motifs is 2. The predicted octanol–water partition coefficient (Wildman–Crippen LogP) is 7.67. The van der Waals surface area contributed by atoms with Crippen molar-refractivity contribution < 1.29 is 19.4 Å². The van der Waals surface area contributed by atoms with Gasteiger partial charge in [-0.15, -0.1) is 0 Å². The average Bonchev–Trinajstić information content (AvgIpc) is 3.17. The molecule has 1 aliphatic heterocycles. The van der Waals surface area contributed by atoms with Crippen LogP contribution in [0.15, 0.2) is 96.6 Å². The van der Waals surface area contributed by atoms with Gasteiger partial charge in [0.2, 0.25) is 0 Å². The highest BCUT2D eigenvalue weighted by Gasteiger charge is 2.28. The summed E-state index contributed by atoms with van der Waals surface area (Å²) in [6, 6.07) is 30.2. The van der Waals surface area contributed by atoms with E-state index >= 15 is 0 Å². The Labute approximate surface area is 266 Å². The first kappa shape index (κ1) is 30.5. The molecular weight excluding hydrogens is 558 g/mol. The molecule has 0 aromatic heterocycles. The number of benzene rings is 4. The molecule has 1 amide bonds. The third kappa shape index (κ3) is 6.50. The molecule has 5 heteroatoms. The van der Waals surface area contributed by atoms with E-state index in [9.17, 15) is 14.7 Å². The SMILES string of the molecule is CC1=C(C)c2cc(C(=O)NCC3COc4ccccc4C3)ccc2C(C)C(Cc2ccc(-c3ccccc3C(=O)CO)cc2)C1. The molecule has 4 aromatic carbocycles. The number of rotatable bonds is 8. The van der Waals surface area contributed by atoms with Crippen LogP contribution in [0.25, 0.3) is 16.7 Å². The zero-order valence-corrected chi connectivity index (χ0v) is 26.3. The van der Waals surface area contributed by atoms with E-state index in [1.54, 1.807) is 6.07 Å². The van der Waals surface area contributed by atoms with Crippen molar-refractivity contribution in [2.24, 2.45) is 11.8 Å². The second-order valence-corrected chi connectivity index (χ2v) is 12.7. The van der Waals surface area contributed by atoms with E-state index in [4.69, 9.17) is 4.74 Å². The largest absolute Gasteiger partial charge is 0.493 e. The molecule has 0 saturated heterocycles. The third-order valence-electron chi connectivity index (χ3n) is 9.77. The Morgan fingerprint density at radius 2 is 1.64 bits per heavy atom. The lowest BCUT2D eigenvalue weighted by atomic mass is 9.80. The van der Waals surface area contributed by atoms with Gasteiger partial charge in [-0.1, -0.05) is 85.3 Å². The number of Topliss-reactive ketones (excluding diaryl/α,β-unsaturated/α-hetero) is 1. The maximum atomic E-state index is 13.3. The summed E-state index contributed by atoms with van der Waals surface area (Å²) >= 11 is 0. The van der Waals surface area contributed by atoms with Gasteiger partial charge in [-0.25, -0.2) is 0 Å². The molecule has 2 N–H and O–H groups in total. The van der Waals surface area contributed by atoms with Crippen LogP contribution in [0.2, 0.25) is 0 Å². The molecule has 1 heterocycles. The lowest BCUT2D eigenvalue weighted by Crippen LogP contribution is -2.34. The van der Waals surface area contributed by atoms with E-state index in [1.165, 1.54) is 33.4 Å². The normalized spacial score (nSPS) is 19.2. The molecule has 230 valence electrons. The van der Waals surface area contributed by atoms with Crippen LogP contribution in [-0.2, 0) is 12.8 Å². The summed E-state index contributed by atoms with van der Waals surface area (Å²) in [6.45, 7) is 7.40. The summed E-state index contributed by atoms with van der Waals surface area (Å²) in [5.74, 6) is 1.60. The van der Waals surface area contributed by atoms with E-state index in [1.807, 2.05) is 42.5 Å². The number of para-hydroxylation sites is 1. The highest BCUT2D eigenvalue weighted by Crippen LogP contribution is 2.41. The molecule has 45 heavy (non-hydrogen) atoms. The quantitative estimate of drug-likeness (QED) is 0.204. The minimum Gasteiger partial charge on any atom is -0.493 e. The van der Waals surface area contributed by atoms with Crippen LogP contribution >= 0.6 is 0 Å². The number of allylic oxidation sites excluding steroid dienone is 2. The van der Waals surface area contributed by atoms with E-state index < -0.39 is 6.61 Å². The fourth-order valence-electron chi connectivity index (χ4n) is 6.92. The van der Waals surface area contributed by atoms with E-state index in [0.717, 1.165) is 36.1 Å². The molecule has 0 saturated carbocycles. The second-order valence-electron chi connectivity index (χ2n) is 12.7. The van der Waals surface area contributed by atoms with Gasteiger partial charge in [-0.3, -0.25) is 9.59 Å². The van der Waals surface area contributed by atoms with Crippen molar-refractivity contribution in [3.05, 3.63) is 130 Å². The van der Waals surface area contributed by atoms with Crippen LogP contribution in [0, 0.1) is 11.8 Å². The summed E-state index contributed by atoms with van der Waals surface area (Å²) in [5.41, 5.74) is 10.6. The Kier molecular flexibility index (Phi) is 8.99. The number of amides is 1. The van der Waals surface area contributed by atoms with Gasteiger partial charge in [0.1, 0.15) is 12.4 Å². The van der Waals surface area contributed by atoms with Crippen LogP contribution in [0.3, 0.4) is 0 Å². The number of hydrogen-bond acceptors (Lipinski definition) is 4. The van der Waals surface area contributed by atoms with E-state index in [-0.39, 0.29) is 17.6 Å². The van der Waals surface area contributed by atoms with Gasteiger partial charge in [-0.05, 0) is 102 Å². The van der Waals surface area contributed by atoms with Gasteiger partial charge >= 0.3 is 0 Å². The second kappa shape index (κ2) is 13.3. The van der Waals surface area contributed by atoms with Gasteiger partial charge in [0.15, 0.2) is 5.78 Å². The molecule has 5 nitrogen and oxygen atoms in total. The molecule has 4 aromatic rings. The van der Waals surface area contributed by atoms with Crippen LogP contribution in [0.1, 0.15) is 76.1 Å². The van der Waals surface area contributed by atoms with Gasteiger partial charge in [0, 0.05) is 23.6 Å². The first-order valence-electron chi connectivity index (χ1n) is 15.9. The van der Waals surface area contributed by atoms with Crippen LogP contribution in [0.4, 0.5) is 0 Å². The first-order chi connectivity index (χ1) is 21.8. The molecule has 0 bridgehead atoms.